The number of anilines is 1. The molecule has 1 aromatic rings. The maximum absolute atomic E-state index is 6.08. The van der Waals surface area contributed by atoms with Crippen LogP contribution in [0.1, 0.15) is 6.92 Å². The summed E-state index contributed by atoms with van der Waals surface area (Å²) in [7, 11) is 0. The Morgan fingerprint density at radius 3 is 3.06 bits per heavy atom. The molecule has 1 fully saturated rings. The van der Waals surface area contributed by atoms with Crippen molar-refractivity contribution in [1.29, 1.82) is 0 Å². The first-order chi connectivity index (χ1) is 8.29. The van der Waals surface area contributed by atoms with Crippen LogP contribution in [0.5, 0.6) is 0 Å². The molecule has 17 heavy (non-hydrogen) atoms. The third-order valence-electron chi connectivity index (χ3n) is 3.06. The maximum Gasteiger partial charge on any atom is 0.0874 e. The highest BCUT2D eigenvalue weighted by atomic mass is 35.5. The minimum absolute atomic E-state index is 0.250. The normalized spacial score (nSPS) is 21.4. The van der Waals surface area contributed by atoms with Gasteiger partial charge in [-0.3, -0.25) is 4.90 Å². The van der Waals surface area contributed by atoms with E-state index in [4.69, 9.17) is 16.3 Å². The van der Waals surface area contributed by atoms with Gasteiger partial charge in [0.25, 0.3) is 0 Å². The van der Waals surface area contributed by atoms with Gasteiger partial charge in [0.05, 0.1) is 23.4 Å². The molecule has 1 heterocycles. The molecule has 1 atom stereocenters. The monoisotopic (exact) mass is 254 g/mol. The Balaban J connectivity index is 1.84. The van der Waals surface area contributed by atoms with Crippen LogP contribution in [0, 0.1) is 0 Å². The van der Waals surface area contributed by atoms with Gasteiger partial charge in [-0.15, -0.1) is 0 Å². The van der Waals surface area contributed by atoms with Crippen LogP contribution in [0.3, 0.4) is 0 Å². The lowest BCUT2D eigenvalue weighted by Crippen LogP contribution is -2.45. The van der Waals surface area contributed by atoms with Gasteiger partial charge in [-0.05, 0) is 18.7 Å². The largest absolute Gasteiger partial charge is 0.381 e. The summed E-state index contributed by atoms with van der Waals surface area (Å²) < 4.78 is 5.72. The molecule has 1 N–H and O–H groups in total. The SMILES string of the molecule is CCN1CCOC(CNc2ccccc2Cl)C1. The van der Waals surface area contributed by atoms with Gasteiger partial charge >= 0.3 is 0 Å². The standard InChI is InChI=1S/C13H19ClN2O/c1-2-16-7-8-17-11(10-16)9-15-13-6-4-3-5-12(13)14/h3-6,11,15H,2,7-10H2,1H3. The molecule has 2 rings (SSSR count). The summed E-state index contributed by atoms with van der Waals surface area (Å²) in [6.45, 7) is 6.94. The second kappa shape index (κ2) is 6.24. The maximum atomic E-state index is 6.08. The first-order valence-electron chi connectivity index (χ1n) is 6.12. The van der Waals surface area contributed by atoms with Crippen LogP contribution in [0.25, 0.3) is 0 Å². The lowest BCUT2D eigenvalue weighted by molar-refractivity contribution is -0.0191. The summed E-state index contributed by atoms with van der Waals surface area (Å²) >= 11 is 6.08. The highest BCUT2D eigenvalue weighted by Crippen LogP contribution is 2.20. The molecule has 1 aliphatic rings. The molecule has 1 aromatic carbocycles. The minimum Gasteiger partial charge on any atom is -0.381 e. The third kappa shape index (κ3) is 3.60. The molecule has 94 valence electrons. The van der Waals surface area contributed by atoms with Crippen LogP contribution in [0.2, 0.25) is 5.02 Å². The zero-order valence-electron chi connectivity index (χ0n) is 10.2. The van der Waals surface area contributed by atoms with Gasteiger partial charge in [-0.2, -0.15) is 0 Å². The van der Waals surface area contributed by atoms with Crippen LogP contribution in [0.4, 0.5) is 5.69 Å². The minimum atomic E-state index is 0.250. The van der Waals surface area contributed by atoms with E-state index in [0.29, 0.717) is 0 Å². The van der Waals surface area contributed by atoms with Crippen LogP contribution in [-0.2, 0) is 4.74 Å². The number of benzene rings is 1. The highest BCUT2D eigenvalue weighted by molar-refractivity contribution is 6.33. The molecule has 0 aliphatic carbocycles. The van der Waals surface area contributed by atoms with Crippen LogP contribution >= 0.6 is 11.6 Å². The highest BCUT2D eigenvalue weighted by Gasteiger charge is 2.18. The molecule has 1 aliphatic heterocycles. The van der Waals surface area contributed by atoms with Crippen LogP contribution in [-0.4, -0.2) is 43.8 Å². The Labute approximate surface area is 108 Å². The van der Waals surface area contributed by atoms with Crippen molar-refractivity contribution in [1.82, 2.24) is 4.90 Å². The first-order valence-corrected chi connectivity index (χ1v) is 6.49. The van der Waals surface area contributed by atoms with Gasteiger partial charge in [0.1, 0.15) is 0 Å². The van der Waals surface area contributed by atoms with Crippen molar-refractivity contribution in [3.8, 4) is 0 Å². The topological polar surface area (TPSA) is 24.5 Å². The number of morpholine rings is 1. The second-order valence-electron chi connectivity index (χ2n) is 4.25. The fraction of sp³-hybridized carbons (Fsp3) is 0.538. The van der Waals surface area contributed by atoms with Crippen LogP contribution < -0.4 is 5.32 Å². The summed E-state index contributed by atoms with van der Waals surface area (Å²) in [6, 6.07) is 7.80. The van der Waals surface area contributed by atoms with Gasteiger partial charge < -0.3 is 10.1 Å². The number of hydrogen-bond acceptors (Lipinski definition) is 3. The average molecular weight is 255 g/mol. The van der Waals surface area contributed by atoms with Crippen molar-refractivity contribution < 1.29 is 4.74 Å². The van der Waals surface area contributed by atoms with Gasteiger partial charge in [0.15, 0.2) is 0 Å². The predicted octanol–water partition coefficient (Wildman–Crippen LogP) is 2.47. The molecule has 0 amide bonds. The van der Waals surface area contributed by atoms with Gasteiger partial charge in [0.2, 0.25) is 0 Å². The molecular formula is C13H19ClN2O. The Bertz CT molecular complexity index is 359. The lowest BCUT2D eigenvalue weighted by Gasteiger charge is -2.32. The van der Waals surface area contributed by atoms with E-state index in [1.54, 1.807) is 0 Å². The zero-order chi connectivity index (χ0) is 12.1. The predicted molar refractivity (Wildman–Crippen MR) is 71.8 cm³/mol. The molecule has 0 radical (unpaired) electrons. The van der Waals surface area contributed by atoms with E-state index in [9.17, 15) is 0 Å². The number of rotatable bonds is 4. The quantitative estimate of drug-likeness (QED) is 0.894. The summed E-state index contributed by atoms with van der Waals surface area (Å²) in [4.78, 5) is 2.41. The van der Waals surface area contributed by atoms with E-state index in [1.807, 2.05) is 24.3 Å². The molecule has 1 unspecified atom stereocenters. The Morgan fingerprint density at radius 1 is 1.47 bits per heavy atom. The molecule has 1 saturated heterocycles. The summed E-state index contributed by atoms with van der Waals surface area (Å²) in [5.41, 5.74) is 0.978. The zero-order valence-corrected chi connectivity index (χ0v) is 10.9. The van der Waals surface area contributed by atoms with Crippen molar-refractivity contribution in [3.63, 3.8) is 0 Å². The van der Waals surface area contributed by atoms with E-state index in [-0.39, 0.29) is 6.10 Å². The van der Waals surface area contributed by atoms with Crippen molar-refractivity contribution in [3.05, 3.63) is 29.3 Å². The molecular weight excluding hydrogens is 236 g/mol. The fourth-order valence-electron chi connectivity index (χ4n) is 2.02. The Hall–Kier alpha value is -0.770. The molecule has 0 spiro atoms. The van der Waals surface area contributed by atoms with Gasteiger partial charge in [-0.25, -0.2) is 0 Å². The van der Waals surface area contributed by atoms with Crippen molar-refractivity contribution >= 4 is 17.3 Å². The smallest absolute Gasteiger partial charge is 0.0874 e. The molecule has 0 saturated carbocycles. The number of halogens is 1. The average Bonchev–Trinajstić information content (AvgIpc) is 2.38. The number of nitrogens with zero attached hydrogens (tertiary/aromatic N) is 1. The summed E-state index contributed by atoms with van der Waals surface area (Å²) in [5, 5.41) is 4.10. The number of likely N-dealkylation sites (N-methyl/N-ethyl adjacent to an activating group) is 1. The molecule has 4 heteroatoms. The molecule has 3 nitrogen and oxygen atoms in total. The molecule has 0 aromatic heterocycles. The van der Waals surface area contributed by atoms with E-state index in [0.717, 1.165) is 43.5 Å². The molecule has 0 bridgehead atoms. The van der Waals surface area contributed by atoms with E-state index in [2.05, 4.69) is 17.1 Å². The third-order valence-corrected chi connectivity index (χ3v) is 3.39. The number of nitrogens with one attached hydrogen (secondary N) is 1. The van der Waals surface area contributed by atoms with Crippen molar-refractivity contribution in [2.75, 3.05) is 38.1 Å². The second-order valence-corrected chi connectivity index (χ2v) is 4.65. The van der Waals surface area contributed by atoms with E-state index >= 15 is 0 Å². The lowest BCUT2D eigenvalue weighted by atomic mass is 10.2. The number of hydrogen-bond donors (Lipinski definition) is 1. The Morgan fingerprint density at radius 2 is 2.29 bits per heavy atom. The van der Waals surface area contributed by atoms with E-state index in [1.165, 1.54) is 0 Å². The van der Waals surface area contributed by atoms with Crippen molar-refractivity contribution in [2.24, 2.45) is 0 Å². The fourth-order valence-corrected chi connectivity index (χ4v) is 2.22. The summed E-state index contributed by atoms with van der Waals surface area (Å²) in [6.07, 6.45) is 0.250. The van der Waals surface area contributed by atoms with Gasteiger partial charge in [0, 0.05) is 19.6 Å². The Kier molecular flexibility index (Phi) is 4.66. The number of para-hydroxylation sites is 1. The van der Waals surface area contributed by atoms with Gasteiger partial charge in [-0.1, -0.05) is 30.7 Å². The first kappa shape index (κ1) is 12.7. The summed E-state index contributed by atoms with van der Waals surface area (Å²) in [5.74, 6) is 0. The van der Waals surface area contributed by atoms with E-state index < -0.39 is 0 Å². The van der Waals surface area contributed by atoms with Crippen molar-refractivity contribution in [2.45, 2.75) is 13.0 Å². The number of ether oxygens (including phenoxy) is 1. The van der Waals surface area contributed by atoms with Crippen LogP contribution in [0.15, 0.2) is 24.3 Å².